The summed E-state index contributed by atoms with van der Waals surface area (Å²) in [5, 5.41) is 3.44. The molecule has 4 heteroatoms. The molecule has 0 aromatic heterocycles. The zero-order valence-corrected chi connectivity index (χ0v) is 12.3. The van der Waals surface area contributed by atoms with Crippen molar-refractivity contribution in [2.45, 2.75) is 42.9 Å². The molecule has 104 valence electrons. The predicted molar refractivity (Wildman–Crippen MR) is 78.4 cm³/mol. The first-order chi connectivity index (χ1) is 9.20. The number of benzene rings is 1. The highest BCUT2D eigenvalue weighted by atomic mass is 32.2. The fraction of sp³-hybridized carbons (Fsp3) is 0.533. The van der Waals surface area contributed by atoms with Crippen LogP contribution in [0.3, 0.4) is 0 Å². The van der Waals surface area contributed by atoms with Crippen molar-refractivity contribution in [3.63, 3.8) is 0 Å². The molecule has 0 radical (unpaired) electrons. The van der Waals surface area contributed by atoms with Crippen LogP contribution in [0.2, 0.25) is 0 Å². The first kappa shape index (κ1) is 14.4. The van der Waals surface area contributed by atoms with Gasteiger partial charge in [0.15, 0.2) is 0 Å². The maximum absolute atomic E-state index is 11.4. The molecule has 0 aliphatic carbocycles. The number of carbonyl (C=O) groups is 1. The van der Waals surface area contributed by atoms with Crippen LogP contribution in [-0.2, 0) is 9.53 Å². The van der Waals surface area contributed by atoms with Crippen LogP contribution in [0.25, 0.3) is 0 Å². The first-order valence-corrected chi connectivity index (χ1v) is 7.75. The molecule has 1 aliphatic heterocycles. The SMILES string of the molecule is CCCNC(C)c1ccc(SC2CCOC2=O)cc1. The van der Waals surface area contributed by atoms with Crippen molar-refractivity contribution >= 4 is 17.7 Å². The molecule has 2 atom stereocenters. The summed E-state index contributed by atoms with van der Waals surface area (Å²) in [7, 11) is 0. The van der Waals surface area contributed by atoms with Gasteiger partial charge in [0.1, 0.15) is 5.25 Å². The molecule has 0 saturated carbocycles. The van der Waals surface area contributed by atoms with E-state index in [1.807, 2.05) is 0 Å². The molecule has 2 unspecified atom stereocenters. The fourth-order valence-electron chi connectivity index (χ4n) is 2.06. The lowest BCUT2D eigenvalue weighted by atomic mass is 10.1. The third-order valence-corrected chi connectivity index (χ3v) is 4.50. The maximum atomic E-state index is 11.4. The van der Waals surface area contributed by atoms with E-state index in [4.69, 9.17) is 4.74 Å². The number of hydrogen-bond donors (Lipinski definition) is 1. The van der Waals surface area contributed by atoms with Crippen LogP contribution in [-0.4, -0.2) is 24.4 Å². The molecule has 19 heavy (non-hydrogen) atoms. The van der Waals surface area contributed by atoms with Gasteiger partial charge in [0.25, 0.3) is 0 Å². The third kappa shape index (κ3) is 3.98. The van der Waals surface area contributed by atoms with E-state index in [2.05, 4.69) is 43.4 Å². The van der Waals surface area contributed by atoms with Crippen LogP contribution in [0.1, 0.15) is 38.3 Å². The smallest absolute Gasteiger partial charge is 0.319 e. The normalized spacial score (nSPS) is 20.3. The number of carbonyl (C=O) groups excluding carboxylic acids is 1. The second-order valence-electron chi connectivity index (χ2n) is 4.81. The van der Waals surface area contributed by atoms with E-state index in [0.29, 0.717) is 12.6 Å². The Bertz CT molecular complexity index is 419. The average Bonchev–Trinajstić information content (AvgIpc) is 2.82. The van der Waals surface area contributed by atoms with Crippen LogP contribution >= 0.6 is 11.8 Å². The van der Waals surface area contributed by atoms with Crippen molar-refractivity contribution < 1.29 is 9.53 Å². The molecule has 1 N–H and O–H groups in total. The summed E-state index contributed by atoms with van der Waals surface area (Å²) in [6.07, 6.45) is 1.96. The van der Waals surface area contributed by atoms with Gasteiger partial charge in [-0.05, 0) is 37.6 Å². The first-order valence-electron chi connectivity index (χ1n) is 6.87. The largest absolute Gasteiger partial charge is 0.465 e. The molecule has 0 bridgehead atoms. The molecule has 1 aromatic carbocycles. The summed E-state index contributed by atoms with van der Waals surface area (Å²) in [5.74, 6) is -0.0768. The molecule has 1 saturated heterocycles. The van der Waals surface area contributed by atoms with Gasteiger partial charge in [-0.3, -0.25) is 4.79 Å². The second-order valence-corrected chi connectivity index (χ2v) is 6.08. The minimum Gasteiger partial charge on any atom is -0.465 e. The van der Waals surface area contributed by atoms with Gasteiger partial charge in [-0.1, -0.05) is 19.1 Å². The highest BCUT2D eigenvalue weighted by molar-refractivity contribution is 8.00. The van der Waals surface area contributed by atoms with Gasteiger partial charge in [-0.15, -0.1) is 11.8 Å². The van der Waals surface area contributed by atoms with Gasteiger partial charge >= 0.3 is 5.97 Å². The Labute approximate surface area is 119 Å². The van der Waals surface area contributed by atoms with E-state index >= 15 is 0 Å². The topological polar surface area (TPSA) is 38.3 Å². The quantitative estimate of drug-likeness (QED) is 0.812. The number of nitrogens with one attached hydrogen (secondary N) is 1. The molecule has 3 nitrogen and oxygen atoms in total. The molecule has 0 spiro atoms. The molecule has 0 amide bonds. The zero-order valence-electron chi connectivity index (χ0n) is 11.5. The van der Waals surface area contributed by atoms with Gasteiger partial charge < -0.3 is 10.1 Å². The van der Waals surface area contributed by atoms with Crippen LogP contribution in [0.15, 0.2) is 29.2 Å². The zero-order chi connectivity index (χ0) is 13.7. The Morgan fingerprint density at radius 1 is 1.42 bits per heavy atom. The van der Waals surface area contributed by atoms with E-state index in [-0.39, 0.29) is 11.2 Å². The lowest BCUT2D eigenvalue weighted by Crippen LogP contribution is -2.19. The monoisotopic (exact) mass is 279 g/mol. The lowest BCUT2D eigenvalue weighted by Gasteiger charge is -2.14. The average molecular weight is 279 g/mol. The van der Waals surface area contributed by atoms with Crippen molar-refractivity contribution in [3.8, 4) is 0 Å². The molecule has 1 aliphatic rings. The summed E-state index contributed by atoms with van der Waals surface area (Å²) in [5.41, 5.74) is 1.28. The Morgan fingerprint density at radius 2 is 2.16 bits per heavy atom. The molecular weight excluding hydrogens is 258 g/mol. The second kappa shape index (κ2) is 6.96. The molecule has 1 aromatic rings. The number of rotatable bonds is 6. The van der Waals surface area contributed by atoms with Gasteiger partial charge in [-0.2, -0.15) is 0 Å². The summed E-state index contributed by atoms with van der Waals surface area (Å²) in [6.45, 7) is 5.93. The highest BCUT2D eigenvalue weighted by Crippen LogP contribution is 2.30. The van der Waals surface area contributed by atoms with Crippen LogP contribution < -0.4 is 5.32 Å². The fourth-order valence-corrected chi connectivity index (χ4v) is 3.06. The number of ether oxygens (including phenoxy) is 1. The number of thioether (sulfide) groups is 1. The molecule has 1 fully saturated rings. The standard InChI is InChI=1S/C15H21NO2S/c1-3-9-16-11(2)12-4-6-13(7-5-12)19-14-8-10-18-15(14)17/h4-7,11,14,16H,3,8-10H2,1-2H3. The van der Waals surface area contributed by atoms with E-state index in [1.54, 1.807) is 11.8 Å². The van der Waals surface area contributed by atoms with Crippen LogP contribution in [0.5, 0.6) is 0 Å². The van der Waals surface area contributed by atoms with Gasteiger partial charge in [-0.25, -0.2) is 0 Å². The Hall–Kier alpha value is -1.00. The van der Waals surface area contributed by atoms with Gasteiger partial charge in [0.05, 0.1) is 6.61 Å². The molecule has 1 heterocycles. The molecular formula is C15H21NO2S. The summed E-state index contributed by atoms with van der Waals surface area (Å²) in [6, 6.07) is 8.83. The Morgan fingerprint density at radius 3 is 2.74 bits per heavy atom. The third-order valence-electron chi connectivity index (χ3n) is 3.25. The van der Waals surface area contributed by atoms with Crippen molar-refractivity contribution in [2.75, 3.05) is 13.2 Å². The summed E-state index contributed by atoms with van der Waals surface area (Å²) >= 11 is 1.60. The Kier molecular flexibility index (Phi) is 5.28. The van der Waals surface area contributed by atoms with E-state index in [0.717, 1.165) is 24.3 Å². The van der Waals surface area contributed by atoms with Gasteiger partial charge in [0.2, 0.25) is 0 Å². The molecule has 2 rings (SSSR count). The number of hydrogen-bond acceptors (Lipinski definition) is 4. The van der Waals surface area contributed by atoms with Crippen molar-refractivity contribution in [3.05, 3.63) is 29.8 Å². The highest BCUT2D eigenvalue weighted by Gasteiger charge is 2.27. The summed E-state index contributed by atoms with van der Waals surface area (Å²) in [4.78, 5) is 12.6. The Balaban J connectivity index is 1.92. The maximum Gasteiger partial charge on any atom is 0.319 e. The number of cyclic esters (lactones) is 1. The van der Waals surface area contributed by atoms with Crippen LogP contribution in [0.4, 0.5) is 0 Å². The van der Waals surface area contributed by atoms with Crippen LogP contribution in [0, 0.1) is 0 Å². The minimum atomic E-state index is -0.0768. The van der Waals surface area contributed by atoms with Gasteiger partial charge in [0, 0.05) is 17.4 Å². The van der Waals surface area contributed by atoms with Crippen molar-refractivity contribution in [1.29, 1.82) is 0 Å². The van der Waals surface area contributed by atoms with E-state index in [1.165, 1.54) is 5.56 Å². The summed E-state index contributed by atoms with van der Waals surface area (Å²) < 4.78 is 4.97. The van der Waals surface area contributed by atoms with E-state index < -0.39 is 0 Å². The number of esters is 1. The minimum absolute atomic E-state index is 0.0264. The van der Waals surface area contributed by atoms with E-state index in [9.17, 15) is 4.79 Å². The van der Waals surface area contributed by atoms with Crippen molar-refractivity contribution in [1.82, 2.24) is 5.32 Å². The van der Waals surface area contributed by atoms with Crippen molar-refractivity contribution in [2.24, 2.45) is 0 Å². The predicted octanol–water partition coefficient (Wildman–Crippen LogP) is 3.15. The lowest BCUT2D eigenvalue weighted by molar-refractivity contribution is -0.137.